The molecule has 2 aromatic heterocycles. The first-order valence-electron chi connectivity index (χ1n) is 9.72. The fourth-order valence-corrected chi connectivity index (χ4v) is 3.65. The zero-order valence-electron chi connectivity index (χ0n) is 16.8. The smallest absolute Gasteiger partial charge is 0.271 e. The van der Waals surface area contributed by atoms with Crippen LogP contribution in [-0.2, 0) is 4.79 Å². The fraction of sp³-hybridized carbons (Fsp3) is 0.381. The number of likely N-dealkylation sites (tertiary alicyclic amines) is 1. The molecule has 2 aromatic rings. The average molecular weight is 397 g/mol. The molecule has 1 unspecified atom stereocenters. The predicted octanol–water partition coefficient (Wildman–Crippen LogP) is 1.39. The number of H-pyrrole nitrogens is 1. The molecule has 1 saturated heterocycles. The first-order chi connectivity index (χ1) is 14.1. The molecule has 8 nitrogen and oxygen atoms in total. The highest BCUT2D eigenvalue weighted by atomic mass is 16.5. The molecule has 1 fully saturated rings. The van der Waals surface area contributed by atoms with E-state index in [1.54, 1.807) is 30.5 Å². The van der Waals surface area contributed by atoms with Gasteiger partial charge in [0.05, 0.1) is 7.11 Å². The van der Waals surface area contributed by atoms with Crippen molar-refractivity contribution >= 4 is 11.6 Å². The number of carbonyl (C=O) groups excluding carboxylic acids is 1. The Kier molecular flexibility index (Phi) is 6.66. The van der Waals surface area contributed by atoms with Crippen LogP contribution in [0.1, 0.15) is 13.3 Å². The molecule has 1 aliphatic rings. The molecule has 0 aromatic carbocycles. The van der Waals surface area contributed by atoms with Crippen molar-refractivity contribution in [3.63, 3.8) is 0 Å². The molecule has 0 radical (unpaired) electrons. The lowest BCUT2D eigenvalue weighted by Crippen LogP contribution is -2.41. The minimum atomic E-state index is -0.149. The Morgan fingerprint density at radius 2 is 2.28 bits per heavy atom. The zero-order valence-corrected chi connectivity index (χ0v) is 16.8. The number of pyridine rings is 2. The van der Waals surface area contributed by atoms with Crippen molar-refractivity contribution in [3.05, 3.63) is 53.1 Å². The third-order valence-electron chi connectivity index (χ3n) is 5.12. The quantitative estimate of drug-likeness (QED) is 0.684. The van der Waals surface area contributed by atoms with Gasteiger partial charge in [-0.05, 0) is 31.0 Å². The van der Waals surface area contributed by atoms with Gasteiger partial charge in [0.25, 0.3) is 5.56 Å². The van der Waals surface area contributed by atoms with Gasteiger partial charge < -0.3 is 25.3 Å². The zero-order chi connectivity index (χ0) is 20.8. The Morgan fingerprint density at radius 3 is 3.00 bits per heavy atom. The molecular formula is C21H27N5O3. The van der Waals surface area contributed by atoms with E-state index in [0.29, 0.717) is 37.7 Å². The van der Waals surface area contributed by atoms with Crippen LogP contribution in [0.4, 0.5) is 5.69 Å². The van der Waals surface area contributed by atoms with Gasteiger partial charge in [-0.15, -0.1) is 0 Å². The van der Waals surface area contributed by atoms with Crippen molar-refractivity contribution in [1.82, 2.24) is 14.9 Å². The fourth-order valence-electron chi connectivity index (χ4n) is 3.65. The van der Waals surface area contributed by atoms with Gasteiger partial charge in [0.1, 0.15) is 5.69 Å². The van der Waals surface area contributed by atoms with Gasteiger partial charge in [0, 0.05) is 62.3 Å². The second-order valence-corrected chi connectivity index (χ2v) is 6.84. The number of aromatic nitrogens is 2. The minimum Gasteiger partial charge on any atom is -0.481 e. The molecule has 1 amide bonds. The SMILES string of the molecule is CCN(c1cc(-c2ccnc(OC)c2)c[nH]c1=O)C1CCN(C(=O)C=CCN)C1. The number of aromatic amines is 1. The number of methoxy groups -OCH3 is 1. The molecule has 0 saturated carbocycles. The Morgan fingerprint density at radius 1 is 1.45 bits per heavy atom. The molecule has 154 valence electrons. The summed E-state index contributed by atoms with van der Waals surface area (Å²) in [5.41, 5.74) is 7.65. The third kappa shape index (κ3) is 4.65. The minimum absolute atomic E-state index is 0.0412. The molecule has 8 heteroatoms. The van der Waals surface area contributed by atoms with Crippen LogP contribution in [0.2, 0.25) is 0 Å². The van der Waals surface area contributed by atoms with E-state index in [4.69, 9.17) is 10.5 Å². The van der Waals surface area contributed by atoms with E-state index >= 15 is 0 Å². The standard InChI is InChI=1S/C21H27N5O3/c1-3-26(17-7-10-25(14-17)20(27)5-4-8-22)18-11-16(13-24-21(18)28)15-6-9-23-19(12-15)29-2/h4-6,9,11-13,17H,3,7-8,10,14,22H2,1-2H3,(H,24,28). The van der Waals surface area contributed by atoms with Crippen LogP contribution in [0.15, 0.2) is 47.5 Å². The number of ether oxygens (including phenoxy) is 1. The van der Waals surface area contributed by atoms with Crippen molar-refractivity contribution < 1.29 is 9.53 Å². The topological polar surface area (TPSA) is 105 Å². The van der Waals surface area contributed by atoms with Gasteiger partial charge in [-0.1, -0.05) is 6.08 Å². The summed E-state index contributed by atoms with van der Waals surface area (Å²) in [4.78, 5) is 35.7. The van der Waals surface area contributed by atoms with Crippen molar-refractivity contribution in [1.29, 1.82) is 0 Å². The maximum Gasteiger partial charge on any atom is 0.271 e. The van der Waals surface area contributed by atoms with Crippen LogP contribution in [0.25, 0.3) is 11.1 Å². The monoisotopic (exact) mass is 397 g/mol. The number of rotatable bonds is 7. The first-order valence-corrected chi connectivity index (χ1v) is 9.72. The summed E-state index contributed by atoms with van der Waals surface area (Å²) < 4.78 is 5.20. The Labute approximate surface area is 170 Å². The van der Waals surface area contributed by atoms with E-state index in [9.17, 15) is 9.59 Å². The maximum absolute atomic E-state index is 12.6. The van der Waals surface area contributed by atoms with Gasteiger partial charge in [0.15, 0.2) is 0 Å². The lowest BCUT2D eigenvalue weighted by molar-refractivity contribution is -0.125. The number of likely N-dealkylation sites (N-methyl/N-ethyl adjacent to an activating group) is 1. The number of nitrogens with zero attached hydrogens (tertiary/aromatic N) is 3. The molecule has 0 bridgehead atoms. The maximum atomic E-state index is 12.6. The molecule has 0 spiro atoms. The summed E-state index contributed by atoms with van der Waals surface area (Å²) in [7, 11) is 1.57. The summed E-state index contributed by atoms with van der Waals surface area (Å²) in [5, 5.41) is 0. The van der Waals surface area contributed by atoms with E-state index in [1.807, 2.05) is 25.1 Å². The molecule has 29 heavy (non-hydrogen) atoms. The molecule has 3 N–H and O–H groups in total. The molecule has 3 heterocycles. The first kappa shape index (κ1) is 20.6. The highest BCUT2D eigenvalue weighted by molar-refractivity contribution is 5.88. The van der Waals surface area contributed by atoms with Crippen LogP contribution >= 0.6 is 0 Å². The van der Waals surface area contributed by atoms with Gasteiger partial charge in [-0.25, -0.2) is 4.98 Å². The van der Waals surface area contributed by atoms with Crippen molar-refractivity contribution in [2.24, 2.45) is 5.73 Å². The number of hydrogen-bond acceptors (Lipinski definition) is 6. The Balaban J connectivity index is 1.85. The second kappa shape index (κ2) is 9.38. The number of hydrogen-bond donors (Lipinski definition) is 2. The van der Waals surface area contributed by atoms with Crippen molar-refractivity contribution in [2.75, 3.05) is 38.2 Å². The Hall–Kier alpha value is -3.13. The van der Waals surface area contributed by atoms with E-state index in [2.05, 4.69) is 14.9 Å². The number of carbonyl (C=O) groups is 1. The number of amides is 1. The van der Waals surface area contributed by atoms with Gasteiger partial charge in [0.2, 0.25) is 11.8 Å². The van der Waals surface area contributed by atoms with Crippen LogP contribution in [0.3, 0.4) is 0 Å². The van der Waals surface area contributed by atoms with Gasteiger partial charge >= 0.3 is 0 Å². The van der Waals surface area contributed by atoms with E-state index in [-0.39, 0.29) is 17.5 Å². The Bertz CT molecular complexity index is 940. The second-order valence-electron chi connectivity index (χ2n) is 6.84. The largest absolute Gasteiger partial charge is 0.481 e. The molecule has 1 atom stereocenters. The average Bonchev–Trinajstić information content (AvgIpc) is 3.24. The van der Waals surface area contributed by atoms with E-state index in [1.165, 1.54) is 6.08 Å². The predicted molar refractivity (Wildman–Crippen MR) is 113 cm³/mol. The van der Waals surface area contributed by atoms with Crippen LogP contribution in [0, 0.1) is 0 Å². The van der Waals surface area contributed by atoms with Crippen LogP contribution in [0.5, 0.6) is 5.88 Å². The summed E-state index contributed by atoms with van der Waals surface area (Å²) in [6.07, 6.45) is 7.35. The molecule has 1 aliphatic heterocycles. The van der Waals surface area contributed by atoms with Crippen LogP contribution in [-0.4, -0.2) is 60.1 Å². The van der Waals surface area contributed by atoms with E-state index in [0.717, 1.165) is 17.5 Å². The highest BCUT2D eigenvalue weighted by Crippen LogP contribution is 2.26. The van der Waals surface area contributed by atoms with Gasteiger partial charge in [-0.3, -0.25) is 9.59 Å². The normalized spacial score (nSPS) is 16.4. The van der Waals surface area contributed by atoms with Crippen LogP contribution < -0.4 is 20.9 Å². The summed E-state index contributed by atoms with van der Waals surface area (Å²) in [5.74, 6) is 0.471. The highest BCUT2D eigenvalue weighted by Gasteiger charge is 2.30. The number of nitrogens with two attached hydrogens (primary N) is 1. The number of nitrogens with one attached hydrogen (secondary N) is 1. The summed E-state index contributed by atoms with van der Waals surface area (Å²) in [6, 6.07) is 5.66. The molecule has 3 rings (SSSR count). The third-order valence-corrected chi connectivity index (χ3v) is 5.12. The lowest BCUT2D eigenvalue weighted by Gasteiger charge is -2.29. The summed E-state index contributed by atoms with van der Waals surface area (Å²) >= 11 is 0. The van der Waals surface area contributed by atoms with Crippen molar-refractivity contribution in [2.45, 2.75) is 19.4 Å². The molecular weight excluding hydrogens is 370 g/mol. The van der Waals surface area contributed by atoms with Crippen molar-refractivity contribution in [3.8, 4) is 17.0 Å². The summed E-state index contributed by atoms with van der Waals surface area (Å²) in [6.45, 7) is 4.26. The van der Waals surface area contributed by atoms with E-state index < -0.39 is 0 Å². The lowest BCUT2D eigenvalue weighted by atomic mass is 10.1. The van der Waals surface area contributed by atoms with Gasteiger partial charge in [-0.2, -0.15) is 0 Å². The molecule has 0 aliphatic carbocycles. The number of anilines is 1.